The van der Waals surface area contributed by atoms with Crippen LogP contribution >= 0.6 is 0 Å². The van der Waals surface area contributed by atoms with Crippen LogP contribution in [0.2, 0.25) is 0 Å². The van der Waals surface area contributed by atoms with Crippen molar-refractivity contribution >= 4 is 17.6 Å². The van der Waals surface area contributed by atoms with E-state index >= 15 is 0 Å². The Morgan fingerprint density at radius 2 is 1.55 bits per heavy atom. The summed E-state index contributed by atoms with van der Waals surface area (Å²) in [5.74, 6) is -2.08. The zero-order valence-corrected chi connectivity index (χ0v) is 16.9. The van der Waals surface area contributed by atoms with E-state index in [9.17, 15) is 17.6 Å². The molecule has 6 nitrogen and oxygen atoms in total. The SMILES string of the molecule is Fc1ccc(N2CCCC3(CCN(c4ncccn4)CC3)C2)cc1.O=C(O)C(F)(F)F. The largest absolute Gasteiger partial charge is 0.490 e. The van der Waals surface area contributed by atoms with Crippen LogP contribution in [0.3, 0.4) is 0 Å². The summed E-state index contributed by atoms with van der Waals surface area (Å²) in [5.41, 5.74) is 1.52. The molecule has 0 aliphatic carbocycles. The van der Waals surface area contributed by atoms with Crippen LogP contribution in [0.4, 0.5) is 29.2 Å². The first-order chi connectivity index (χ1) is 14.7. The van der Waals surface area contributed by atoms with E-state index in [0.717, 1.165) is 37.8 Å². The lowest BCUT2D eigenvalue weighted by Crippen LogP contribution is -2.50. The minimum absolute atomic E-state index is 0.165. The highest BCUT2D eigenvalue weighted by molar-refractivity contribution is 5.73. The molecule has 168 valence electrons. The molecule has 4 rings (SSSR count). The van der Waals surface area contributed by atoms with Crippen molar-refractivity contribution in [3.63, 3.8) is 0 Å². The third-order valence-corrected chi connectivity index (χ3v) is 5.75. The summed E-state index contributed by atoms with van der Waals surface area (Å²) in [6.07, 6.45) is 3.37. The third-order valence-electron chi connectivity index (χ3n) is 5.75. The highest BCUT2D eigenvalue weighted by Gasteiger charge is 2.39. The molecule has 2 aromatic rings. The van der Waals surface area contributed by atoms with Gasteiger partial charge in [-0.3, -0.25) is 0 Å². The Hall–Kier alpha value is -2.91. The van der Waals surface area contributed by atoms with Gasteiger partial charge >= 0.3 is 12.1 Å². The van der Waals surface area contributed by atoms with Gasteiger partial charge in [-0.25, -0.2) is 19.2 Å². The molecule has 0 atom stereocenters. The third kappa shape index (κ3) is 6.05. The normalized spacial score (nSPS) is 18.3. The van der Waals surface area contributed by atoms with Gasteiger partial charge in [0.25, 0.3) is 0 Å². The number of alkyl halides is 3. The Morgan fingerprint density at radius 1 is 0.968 bits per heavy atom. The predicted octanol–water partition coefficient (Wildman–Crippen LogP) is 4.14. The number of aromatic nitrogens is 2. The summed E-state index contributed by atoms with van der Waals surface area (Å²) >= 11 is 0. The quantitative estimate of drug-likeness (QED) is 0.708. The molecule has 3 heterocycles. The van der Waals surface area contributed by atoms with Crippen LogP contribution in [0.1, 0.15) is 25.7 Å². The molecule has 2 aliphatic rings. The monoisotopic (exact) mass is 440 g/mol. The molecule has 1 N–H and O–H groups in total. The molecule has 1 aromatic carbocycles. The topological polar surface area (TPSA) is 69.6 Å². The lowest BCUT2D eigenvalue weighted by atomic mass is 9.72. The number of aliphatic carboxylic acids is 1. The summed E-state index contributed by atoms with van der Waals surface area (Å²) < 4.78 is 44.9. The molecular formula is C21H24F4N4O2. The number of nitrogens with zero attached hydrogens (tertiary/aromatic N) is 4. The van der Waals surface area contributed by atoms with E-state index < -0.39 is 12.1 Å². The maximum atomic E-state index is 13.2. The first-order valence-electron chi connectivity index (χ1n) is 10.0. The van der Waals surface area contributed by atoms with Gasteiger partial charge in [-0.05, 0) is 61.4 Å². The number of carbonyl (C=O) groups is 1. The second-order valence-corrected chi connectivity index (χ2v) is 7.84. The van der Waals surface area contributed by atoms with Gasteiger partial charge in [0, 0.05) is 44.3 Å². The Labute approximate surface area is 177 Å². The van der Waals surface area contributed by atoms with Crippen molar-refractivity contribution in [3.8, 4) is 0 Å². The van der Waals surface area contributed by atoms with E-state index in [1.807, 2.05) is 30.6 Å². The molecule has 10 heteroatoms. The van der Waals surface area contributed by atoms with E-state index in [2.05, 4.69) is 19.8 Å². The minimum Gasteiger partial charge on any atom is -0.475 e. The van der Waals surface area contributed by atoms with Crippen LogP contribution in [-0.2, 0) is 4.79 Å². The molecule has 0 amide bonds. The predicted molar refractivity (Wildman–Crippen MR) is 107 cm³/mol. The maximum absolute atomic E-state index is 13.2. The molecule has 31 heavy (non-hydrogen) atoms. The Balaban J connectivity index is 0.000000339. The number of piperidine rings is 2. The Morgan fingerprint density at radius 3 is 2.10 bits per heavy atom. The smallest absolute Gasteiger partial charge is 0.475 e. The summed E-state index contributed by atoms with van der Waals surface area (Å²) in [4.78, 5) is 22.4. The Bertz CT molecular complexity index is 854. The van der Waals surface area contributed by atoms with E-state index in [1.54, 1.807) is 12.1 Å². The van der Waals surface area contributed by atoms with E-state index in [0.29, 0.717) is 5.41 Å². The highest BCUT2D eigenvalue weighted by Crippen LogP contribution is 2.41. The lowest BCUT2D eigenvalue weighted by Gasteiger charge is -2.48. The van der Waals surface area contributed by atoms with Crippen molar-refractivity contribution in [2.45, 2.75) is 31.9 Å². The molecule has 1 spiro atoms. The number of rotatable bonds is 2. The van der Waals surface area contributed by atoms with Crippen molar-refractivity contribution in [3.05, 3.63) is 48.5 Å². The zero-order valence-electron chi connectivity index (χ0n) is 16.9. The number of anilines is 2. The number of carboxylic acid groups (broad SMARTS) is 1. The van der Waals surface area contributed by atoms with Gasteiger partial charge in [0.15, 0.2) is 0 Å². The molecular weight excluding hydrogens is 416 g/mol. The van der Waals surface area contributed by atoms with Crippen LogP contribution < -0.4 is 9.80 Å². The summed E-state index contributed by atoms with van der Waals surface area (Å²) in [6, 6.07) is 8.79. The number of hydrogen-bond acceptors (Lipinski definition) is 5. The number of hydrogen-bond donors (Lipinski definition) is 1. The van der Waals surface area contributed by atoms with Crippen LogP contribution in [0, 0.1) is 11.2 Å². The van der Waals surface area contributed by atoms with Crippen molar-refractivity contribution in [2.24, 2.45) is 5.41 Å². The van der Waals surface area contributed by atoms with E-state index in [-0.39, 0.29) is 5.82 Å². The van der Waals surface area contributed by atoms with Gasteiger partial charge in [-0.15, -0.1) is 0 Å². The van der Waals surface area contributed by atoms with Crippen LogP contribution in [0.5, 0.6) is 0 Å². The van der Waals surface area contributed by atoms with Gasteiger partial charge in [0.05, 0.1) is 0 Å². The fraction of sp³-hybridized carbons (Fsp3) is 0.476. The fourth-order valence-corrected chi connectivity index (χ4v) is 4.12. The van der Waals surface area contributed by atoms with Crippen molar-refractivity contribution in [1.29, 1.82) is 0 Å². The fourth-order valence-electron chi connectivity index (χ4n) is 4.12. The van der Waals surface area contributed by atoms with Crippen molar-refractivity contribution in [2.75, 3.05) is 36.0 Å². The molecule has 2 saturated heterocycles. The molecule has 0 unspecified atom stereocenters. The molecule has 0 saturated carbocycles. The maximum Gasteiger partial charge on any atom is 0.490 e. The second-order valence-electron chi connectivity index (χ2n) is 7.84. The summed E-state index contributed by atoms with van der Waals surface area (Å²) in [5, 5.41) is 7.12. The first-order valence-corrected chi connectivity index (χ1v) is 10.0. The van der Waals surface area contributed by atoms with Gasteiger partial charge in [0.1, 0.15) is 5.82 Å². The second kappa shape index (κ2) is 9.49. The van der Waals surface area contributed by atoms with Crippen LogP contribution in [0.25, 0.3) is 0 Å². The Kier molecular flexibility index (Phi) is 6.97. The number of benzene rings is 1. The van der Waals surface area contributed by atoms with Gasteiger partial charge in [0.2, 0.25) is 5.95 Å². The van der Waals surface area contributed by atoms with E-state index in [1.165, 1.54) is 25.7 Å². The average molecular weight is 440 g/mol. The highest BCUT2D eigenvalue weighted by atomic mass is 19.4. The van der Waals surface area contributed by atoms with Gasteiger partial charge < -0.3 is 14.9 Å². The van der Waals surface area contributed by atoms with Gasteiger partial charge in [-0.1, -0.05) is 0 Å². The van der Waals surface area contributed by atoms with Crippen molar-refractivity contribution in [1.82, 2.24) is 9.97 Å². The first kappa shape index (κ1) is 22.8. The molecule has 2 aliphatic heterocycles. The number of carboxylic acids is 1. The van der Waals surface area contributed by atoms with Gasteiger partial charge in [-0.2, -0.15) is 13.2 Å². The van der Waals surface area contributed by atoms with Crippen LogP contribution in [-0.4, -0.2) is 53.4 Å². The van der Waals surface area contributed by atoms with Crippen LogP contribution in [0.15, 0.2) is 42.7 Å². The standard InChI is InChI=1S/C19H23FN4.C2HF3O2/c20-16-3-5-17(6-4-16)24-12-1-7-19(15-24)8-13-23(14-9-19)18-21-10-2-11-22-18;3-2(4,5)1(6)7/h2-6,10-11H,1,7-9,12-15H2;(H,6,7). The summed E-state index contributed by atoms with van der Waals surface area (Å²) in [6.45, 7) is 4.17. The minimum atomic E-state index is -5.08. The number of halogens is 4. The molecule has 0 bridgehead atoms. The average Bonchev–Trinajstić information content (AvgIpc) is 2.75. The summed E-state index contributed by atoms with van der Waals surface area (Å²) in [7, 11) is 0. The molecule has 0 radical (unpaired) electrons. The zero-order chi connectivity index (χ0) is 22.5. The molecule has 1 aromatic heterocycles. The van der Waals surface area contributed by atoms with E-state index in [4.69, 9.17) is 9.90 Å². The molecule has 2 fully saturated rings. The lowest BCUT2D eigenvalue weighted by molar-refractivity contribution is -0.192. The van der Waals surface area contributed by atoms with Crippen molar-refractivity contribution < 1.29 is 27.5 Å².